The first-order valence-corrected chi connectivity index (χ1v) is 13.6. The molecule has 0 radical (unpaired) electrons. The van der Waals surface area contributed by atoms with Crippen LogP contribution in [0.3, 0.4) is 0 Å². The zero-order valence-corrected chi connectivity index (χ0v) is 23.4. The van der Waals surface area contributed by atoms with Crippen molar-refractivity contribution >= 4 is 52.1 Å². The number of ether oxygens (including phenoxy) is 1. The van der Waals surface area contributed by atoms with Gasteiger partial charge in [0, 0.05) is 60.7 Å². The Bertz CT molecular complexity index is 1600. The summed E-state index contributed by atoms with van der Waals surface area (Å²) in [6.07, 6.45) is 6.20. The van der Waals surface area contributed by atoms with Crippen molar-refractivity contribution < 1.29 is 23.5 Å². The zero-order chi connectivity index (χ0) is 29.1. The highest BCUT2D eigenvalue weighted by molar-refractivity contribution is 7.97. The second kappa shape index (κ2) is 12.3. The lowest BCUT2D eigenvalue weighted by molar-refractivity contribution is -0.124. The van der Waals surface area contributed by atoms with E-state index < -0.39 is 11.6 Å². The molecular formula is C26H25ClF2N8O3S. The molecule has 0 unspecified atom stereocenters. The van der Waals surface area contributed by atoms with Gasteiger partial charge in [-0.15, -0.1) is 0 Å². The number of fused-ring (bicyclic) bond motifs is 1. The molecule has 3 heterocycles. The summed E-state index contributed by atoms with van der Waals surface area (Å²) < 4.78 is 36.7. The molecule has 4 aromatic rings. The Balaban J connectivity index is 1.34. The lowest BCUT2D eigenvalue weighted by atomic mass is 10.0. The largest absolute Gasteiger partial charge is 0.480 e. The second-order valence-corrected chi connectivity index (χ2v) is 10.6. The number of hydrogen-bond acceptors (Lipinski definition) is 11. The molecular weight excluding hydrogens is 578 g/mol. The zero-order valence-electron chi connectivity index (χ0n) is 21.9. The first kappa shape index (κ1) is 28.7. The van der Waals surface area contributed by atoms with Crippen LogP contribution < -0.4 is 20.8 Å². The Hall–Kier alpha value is -3.85. The molecule has 1 saturated carbocycles. The van der Waals surface area contributed by atoms with Gasteiger partial charge in [-0.2, -0.15) is 0 Å². The van der Waals surface area contributed by atoms with E-state index in [4.69, 9.17) is 16.3 Å². The van der Waals surface area contributed by atoms with Gasteiger partial charge in [-0.3, -0.25) is 15.4 Å². The van der Waals surface area contributed by atoms with Crippen LogP contribution >= 0.6 is 23.5 Å². The molecule has 1 amide bonds. The summed E-state index contributed by atoms with van der Waals surface area (Å²) in [6, 6.07) is 5.84. The number of aromatic nitrogens is 4. The molecule has 1 aliphatic rings. The summed E-state index contributed by atoms with van der Waals surface area (Å²) >= 11 is 6.69. The molecule has 11 nitrogen and oxygen atoms in total. The molecule has 4 N–H and O–H groups in total. The standard InChI is InChI=1S/C26H25ClF2N8O3S/c1-30-24(38)13-3-4-15(9-13)34-26-33-12-18-19(35-26)6-5-16(21(18)28)17-7-8-31-23(22(17)29)36-37(39)41-20-10-14(27)11-32-25(20)40-2/h5-8,10-13,15,39H,3-4,9H2,1-2H3,(H,30,38)(H,31,36)(H,33,34,35)/t13-,15-/m1/s1. The molecule has 214 valence electrons. The number of anilines is 2. The number of hydrogen-bond donors (Lipinski definition) is 4. The maximum Gasteiger partial charge on any atom is 0.228 e. The van der Waals surface area contributed by atoms with E-state index in [-0.39, 0.29) is 46.1 Å². The van der Waals surface area contributed by atoms with Crippen LogP contribution in [0.5, 0.6) is 5.88 Å². The van der Waals surface area contributed by atoms with Crippen LogP contribution in [0.25, 0.3) is 22.0 Å². The minimum absolute atomic E-state index is 0.00845. The van der Waals surface area contributed by atoms with Crippen molar-refractivity contribution in [3.8, 4) is 17.0 Å². The average molecular weight is 603 g/mol. The SMILES string of the molecule is CNC(=O)[C@@H]1CC[C@@H](Nc2ncc3c(F)c(-c4ccnc(NN(O)Sc5cc(Cl)cnc5OC)c4F)ccc3n2)C1. The Morgan fingerprint density at radius 2 is 1.95 bits per heavy atom. The van der Waals surface area contributed by atoms with Crippen molar-refractivity contribution in [1.82, 2.24) is 29.8 Å². The quantitative estimate of drug-likeness (QED) is 0.151. The lowest BCUT2D eigenvalue weighted by Gasteiger charge is -2.17. The molecule has 0 saturated heterocycles. The molecule has 0 bridgehead atoms. The minimum atomic E-state index is -0.896. The van der Waals surface area contributed by atoms with Crippen LogP contribution in [0.2, 0.25) is 5.02 Å². The predicted octanol–water partition coefficient (Wildman–Crippen LogP) is 5.08. The average Bonchev–Trinajstić information content (AvgIpc) is 3.43. The van der Waals surface area contributed by atoms with E-state index >= 15 is 8.78 Å². The number of methoxy groups -OCH3 is 1. The summed E-state index contributed by atoms with van der Waals surface area (Å²) in [6.45, 7) is 0. The number of halogens is 3. The summed E-state index contributed by atoms with van der Waals surface area (Å²) in [5, 5.41) is 16.7. The molecule has 3 aromatic heterocycles. The molecule has 2 atom stereocenters. The third-order valence-electron chi connectivity index (χ3n) is 6.63. The van der Waals surface area contributed by atoms with Gasteiger partial charge in [0.1, 0.15) is 5.82 Å². The number of benzene rings is 1. The van der Waals surface area contributed by atoms with Crippen LogP contribution in [0.4, 0.5) is 20.5 Å². The number of hydrazine groups is 1. The Kier molecular flexibility index (Phi) is 8.63. The third kappa shape index (κ3) is 6.25. The molecule has 0 spiro atoms. The number of amides is 1. The van der Waals surface area contributed by atoms with Crippen molar-refractivity contribution in [3.63, 3.8) is 0 Å². The third-order valence-corrected chi connectivity index (χ3v) is 7.59. The van der Waals surface area contributed by atoms with E-state index in [0.717, 1.165) is 12.8 Å². The van der Waals surface area contributed by atoms with E-state index in [1.807, 2.05) is 0 Å². The monoisotopic (exact) mass is 602 g/mol. The van der Waals surface area contributed by atoms with E-state index in [9.17, 15) is 10.0 Å². The van der Waals surface area contributed by atoms with Crippen LogP contribution in [-0.4, -0.2) is 55.8 Å². The summed E-state index contributed by atoms with van der Waals surface area (Å²) in [5.74, 6) is -1.51. The Morgan fingerprint density at radius 1 is 1.15 bits per heavy atom. The highest BCUT2D eigenvalue weighted by atomic mass is 35.5. The summed E-state index contributed by atoms with van der Waals surface area (Å²) in [4.78, 5) is 28.8. The normalized spacial score (nSPS) is 16.7. The van der Waals surface area contributed by atoms with Gasteiger partial charge >= 0.3 is 0 Å². The van der Waals surface area contributed by atoms with Crippen LogP contribution in [0, 0.1) is 17.6 Å². The van der Waals surface area contributed by atoms with Gasteiger partial charge in [0.25, 0.3) is 0 Å². The van der Waals surface area contributed by atoms with Gasteiger partial charge in [0.2, 0.25) is 17.7 Å². The fraction of sp³-hybridized carbons (Fsp3) is 0.269. The smallest absolute Gasteiger partial charge is 0.228 e. The number of carbonyl (C=O) groups excluding carboxylic acids is 1. The van der Waals surface area contributed by atoms with Gasteiger partial charge < -0.3 is 15.4 Å². The molecule has 1 aromatic carbocycles. The van der Waals surface area contributed by atoms with Crippen molar-refractivity contribution in [1.29, 1.82) is 0 Å². The van der Waals surface area contributed by atoms with Crippen LogP contribution in [-0.2, 0) is 4.79 Å². The van der Waals surface area contributed by atoms with E-state index in [0.29, 0.717) is 44.3 Å². The minimum Gasteiger partial charge on any atom is -0.480 e. The maximum absolute atomic E-state index is 15.6. The van der Waals surface area contributed by atoms with E-state index in [1.165, 1.54) is 43.9 Å². The number of carbonyl (C=O) groups is 1. The second-order valence-electron chi connectivity index (χ2n) is 9.18. The number of nitrogens with zero attached hydrogens (tertiary/aromatic N) is 5. The first-order valence-electron chi connectivity index (χ1n) is 12.5. The van der Waals surface area contributed by atoms with Gasteiger partial charge in [-0.05, 0) is 48.1 Å². The molecule has 1 fully saturated rings. The van der Waals surface area contributed by atoms with Gasteiger partial charge in [0.15, 0.2) is 11.6 Å². The topological polar surface area (TPSA) is 137 Å². The highest BCUT2D eigenvalue weighted by Crippen LogP contribution is 2.35. The first-order chi connectivity index (χ1) is 19.8. The predicted molar refractivity (Wildman–Crippen MR) is 150 cm³/mol. The number of nitrogens with one attached hydrogen (secondary N) is 3. The molecule has 1 aliphatic carbocycles. The van der Waals surface area contributed by atoms with Gasteiger partial charge in [0.05, 0.1) is 27.9 Å². The number of rotatable bonds is 9. The van der Waals surface area contributed by atoms with Crippen molar-refractivity contribution in [3.05, 3.63) is 59.5 Å². The van der Waals surface area contributed by atoms with Crippen LogP contribution in [0.15, 0.2) is 47.8 Å². The number of pyridine rings is 2. The Morgan fingerprint density at radius 3 is 2.73 bits per heavy atom. The summed E-state index contributed by atoms with van der Waals surface area (Å²) in [5.41, 5.74) is 2.62. The lowest BCUT2D eigenvalue weighted by Crippen LogP contribution is -2.27. The van der Waals surface area contributed by atoms with Crippen molar-refractivity contribution in [2.75, 3.05) is 24.9 Å². The molecule has 41 heavy (non-hydrogen) atoms. The Labute approximate surface area is 242 Å². The maximum atomic E-state index is 15.6. The van der Waals surface area contributed by atoms with Gasteiger partial charge in [-0.25, -0.2) is 28.7 Å². The van der Waals surface area contributed by atoms with Gasteiger partial charge in [-0.1, -0.05) is 11.6 Å². The molecule has 0 aliphatic heterocycles. The van der Waals surface area contributed by atoms with Crippen LogP contribution in [0.1, 0.15) is 19.3 Å². The van der Waals surface area contributed by atoms with Crippen molar-refractivity contribution in [2.45, 2.75) is 30.2 Å². The van der Waals surface area contributed by atoms with Crippen molar-refractivity contribution in [2.24, 2.45) is 5.92 Å². The highest BCUT2D eigenvalue weighted by Gasteiger charge is 2.29. The summed E-state index contributed by atoms with van der Waals surface area (Å²) in [7, 11) is 3.02. The fourth-order valence-corrected chi connectivity index (χ4v) is 5.58. The molecule has 15 heteroatoms. The van der Waals surface area contributed by atoms with E-state index in [2.05, 4.69) is 36.0 Å². The van der Waals surface area contributed by atoms with E-state index in [1.54, 1.807) is 13.1 Å². The molecule has 5 rings (SSSR count). The fourth-order valence-electron chi connectivity index (χ4n) is 4.65.